The first kappa shape index (κ1) is 17.1. The zero-order valence-electron chi connectivity index (χ0n) is 16.7. The Morgan fingerprint density at radius 2 is 1.81 bits per heavy atom. The van der Waals surface area contributed by atoms with Crippen molar-refractivity contribution in [3.8, 4) is 5.75 Å². The van der Waals surface area contributed by atoms with Crippen LogP contribution in [0.25, 0.3) is 0 Å². The Balaban J connectivity index is 1.78. The van der Waals surface area contributed by atoms with Crippen LogP contribution >= 0.6 is 0 Å². The van der Waals surface area contributed by atoms with Gasteiger partial charge < -0.3 is 10.5 Å². The molecule has 1 heterocycles. The molecule has 4 fully saturated rings. The fraction of sp³-hybridized carbons (Fsp3) is 0.636. The van der Waals surface area contributed by atoms with Crippen molar-refractivity contribution in [2.75, 3.05) is 14.2 Å². The molecule has 1 aliphatic heterocycles. The highest BCUT2D eigenvalue weighted by Crippen LogP contribution is 2.73. The van der Waals surface area contributed by atoms with Crippen molar-refractivity contribution in [3.63, 3.8) is 0 Å². The van der Waals surface area contributed by atoms with Crippen LogP contribution in [-0.2, 0) is 10.3 Å². The lowest BCUT2D eigenvalue weighted by molar-refractivity contribution is -0.137. The lowest BCUT2D eigenvalue weighted by Crippen LogP contribution is -2.52. The molecule has 27 heavy (non-hydrogen) atoms. The number of amides is 1. The van der Waals surface area contributed by atoms with Crippen LogP contribution in [0, 0.1) is 37.0 Å². The van der Waals surface area contributed by atoms with Crippen molar-refractivity contribution in [1.82, 2.24) is 4.90 Å². The van der Waals surface area contributed by atoms with E-state index in [0.717, 1.165) is 47.1 Å². The van der Waals surface area contributed by atoms with E-state index in [0.29, 0.717) is 11.9 Å². The smallest absolute Gasteiger partial charge is 0.262 e. The van der Waals surface area contributed by atoms with Gasteiger partial charge in [-0.3, -0.25) is 9.69 Å². The van der Waals surface area contributed by atoms with Gasteiger partial charge in [0, 0.05) is 12.5 Å². The summed E-state index contributed by atoms with van der Waals surface area (Å²) in [4.78, 5) is 20.4. The number of aliphatic imine (C=N–C) groups is 1. The average Bonchev–Trinajstić information content (AvgIpc) is 3.15. The van der Waals surface area contributed by atoms with Crippen LogP contribution in [0.2, 0.25) is 0 Å². The molecule has 5 aliphatic rings. The fourth-order valence-electron chi connectivity index (χ4n) is 7.21. The maximum absolute atomic E-state index is 13.8. The van der Waals surface area contributed by atoms with Gasteiger partial charge in [0.2, 0.25) is 0 Å². The molecular weight excluding hydrogens is 338 g/mol. The standard InChI is InChI=1S/C22H29N3O2/c1-12-13(2)18(27-4)6-5-17(12)22(19(26)25(3)20(23)24-22)21-10-14-7-15(11-21)9-16(21)8-14/h5-6,14-16H,7-11H2,1-4H3,(H2,23,24). The third-order valence-electron chi connectivity index (χ3n) is 8.30. The molecule has 0 spiro atoms. The molecule has 4 saturated carbocycles. The lowest BCUT2D eigenvalue weighted by atomic mass is 9.59. The first-order valence-corrected chi connectivity index (χ1v) is 10.1. The molecule has 3 atom stereocenters. The summed E-state index contributed by atoms with van der Waals surface area (Å²) in [6.07, 6.45) is 6.04. The number of benzene rings is 1. The third kappa shape index (κ3) is 1.85. The van der Waals surface area contributed by atoms with Gasteiger partial charge in [0.1, 0.15) is 5.75 Å². The number of rotatable bonds is 3. The Morgan fingerprint density at radius 1 is 1.15 bits per heavy atom. The van der Waals surface area contributed by atoms with Gasteiger partial charge in [0.25, 0.3) is 5.91 Å². The quantitative estimate of drug-likeness (QED) is 0.892. The van der Waals surface area contributed by atoms with E-state index >= 15 is 0 Å². The maximum atomic E-state index is 13.8. The molecule has 4 bridgehead atoms. The van der Waals surface area contributed by atoms with Crippen LogP contribution in [0.15, 0.2) is 17.1 Å². The number of methoxy groups -OCH3 is 1. The molecule has 0 radical (unpaired) electrons. The number of guanidine groups is 1. The Kier molecular flexibility index (Phi) is 3.33. The van der Waals surface area contributed by atoms with Crippen LogP contribution < -0.4 is 10.5 Å². The largest absolute Gasteiger partial charge is 0.496 e. The van der Waals surface area contributed by atoms with Crippen molar-refractivity contribution in [2.24, 2.45) is 33.9 Å². The Labute approximate surface area is 161 Å². The average molecular weight is 367 g/mol. The highest BCUT2D eigenvalue weighted by molar-refractivity contribution is 6.07. The number of carbonyl (C=O) groups is 1. The second kappa shape index (κ2) is 5.27. The van der Waals surface area contributed by atoms with Gasteiger partial charge in [-0.05, 0) is 86.5 Å². The van der Waals surface area contributed by atoms with Gasteiger partial charge in [-0.15, -0.1) is 0 Å². The zero-order valence-corrected chi connectivity index (χ0v) is 16.7. The zero-order chi connectivity index (χ0) is 19.1. The molecule has 2 N–H and O–H groups in total. The van der Waals surface area contributed by atoms with E-state index in [1.165, 1.54) is 19.3 Å². The van der Waals surface area contributed by atoms with E-state index in [4.69, 9.17) is 15.5 Å². The van der Waals surface area contributed by atoms with E-state index in [1.54, 1.807) is 19.1 Å². The summed E-state index contributed by atoms with van der Waals surface area (Å²) in [7, 11) is 3.46. The van der Waals surface area contributed by atoms with Crippen molar-refractivity contribution >= 4 is 11.9 Å². The fourth-order valence-corrected chi connectivity index (χ4v) is 7.21. The van der Waals surface area contributed by atoms with E-state index in [1.807, 2.05) is 6.07 Å². The second-order valence-corrected chi connectivity index (χ2v) is 9.31. The molecule has 5 nitrogen and oxygen atoms in total. The number of ether oxygens (including phenoxy) is 1. The first-order valence-electron chi connectivity index (χ1n) is 10.1. The minimum atomic E-state index is -0.873. The number of likely N-dealkylation sites (N-methyl/N-ethyl adjacent to an activating group) is 1. The van der Waals surface area contributed by atoms with Gasteiger partial charge in [0.05, 0.1) is 7.11 Å². The van der Waals surface area contributed by atoms with Gasteiger partial charge in [-0.25, -0.2) is 4.99 Å². The SMILES string of the molecule is COc1ccc(C2(C34CC5CC(CC3C5)C4)N=C(N)N(C)C2=O)c(C)c1C. The van der Waals surface area contributed by atoms with Crippen molar-refractivity contribution in [2.45, 2.75) is 51.5 Å². The summed E-state index contributed by atoms with van der Waals surface area (Å²) >= 11 is 0. The van der Waals surface area contributed by atoms with Gasteiger partial charge >= 0.3 is 0 Å². The molecule has 0 aromatic heterocycles. The summed E-state index contributed by atoms with van der Waals surface area (Å²) in [5.74, 6) is 3.34. The molecule has 0 saturated heterocycles. The normalized spacial score (nSPS) is 39.4. The highest BCUT2D eigenvalue weighted by atomic mass is 16.5. The van der Waals surface area contributed by atoms with E-state index in [2.05, 4.69) is 19.9 Å². The van der Waals surface area contributed by atoms with Crippen molar-refractivity contribution < 1.29 is 9.53 Å². The topological polar surface area (TPSA) is 67.9 Å². The monoisotopic (exact) mass is 367 g/mol. The molecule has 1 amide bonds. The van der Waals surface area contributed by atoms with Crippen LogP contribution in [-0.4, -0.2) is 30.9 Å². The number of hydrogen-bond acceptors (Lipinski definition) is 4. The summed E-state index contributed by atoms with van der Waals surface area (Å²) in [6.45, 7) is 4.17. The molecular formula is C22H29N3O2. The maximum Gasteiger partial charge on any atom is 0.262 e. The minimum Gasteiger partial charge on any atom is -0.496 e. The number of nitrogens with two attached hydrogens (primary N) is 1. The third-order valence-corrected chi connectivity index (χ3v) is 8.30. The molecule has 4 aliphatic carbocycles. The van der Waals surface area contributed by atoms with Crippen LogP contribution in [0.1, 0.15) is 48.8 Å². The van der Waals surface area contributed by atoms with E-state index in [-0.39, 0.29) is 11.3 Å². The van der Waals surface area contributed by atoms with E-state index < -0.39 is 5.54 Å². The number of hydrogen-bond donors (Lipinski definition) is 1. The number of carbonyl (C=O) groups excluding carboxylic acids is 1. The van der Waals surface area contributed by atoms with Gasteiger partial charge in [-0.2, -0.15) is 0 Å². The molecule has 5 heteroatoms. The molecule has 3 unspecified atom stereocenters. The predicted molar refractivity (Wildman–Crippen MR) is 105 cm³/mol. The highest BCUT2D eigenvalue weighted by Gasteiger charge is 2.72. The Hall–Kier alpha value is -2.04. The molecule has 144 valence electrons. The van der Waals surface area contributed by atoms with Crippen LogP contribution in [0.4, 0.5) is 0 Å². The van der Waals surface area contributed by atoms with Crippen molar-refractivity contribution in [1.29, 1.82) is 0 Å². The molecule has 1 aromatic carbocycles. The summed E-state index contributed by atoms with van der Waals surface area (Å²) < 4.78 is 5.52. The Morgan fingerprint density at radius 3 is 2.37 bits per heavy atom. The van der Waals surface area contributed by atoms with Gasteiger partial charge in [-0.1, -0.05) is 6.07 Å². The summed E-state index contributed by atoms with van der Waals surface area (Å²) in [6, 6.07) is 4.07. The summed E-state index contributed by atoms with van der Waals surface area (Å²) in [5.41, 5.74) is 8.51. The predicted octanol–water partition coefficient (Wildman–Crippen LogP) is 3.12. The lowest BCUT2D eigenvalue weighted by Gasteiger charge is -2.46. The molecule has 1 aromatic rings. The van der Waals surface area contributed by atoms with Gasteiger partial charge in [0.15, 0.2) is 11.5 Å². The number of nitrogens with zero attached hydrogens (tertiary/aromatic N) is 2. The summed E-state index contributed by atoms with van der Waals surface area (Å²) in [5, 5.41) is 0. The van der Waals surface area contributed by atoms with E-state index in [9.17, 15) is 4.79 Å². The molecule has 6 rings (SSSR count). The van der Waals surface area contributed by atoms with Crippen LogP contribution in [0.3, 0.4) is 0 Å². The Bertz CT molecular complexity index is 863. The van der Waals surface area contributed by atoms with Crippen LogP contribution in [0.5, 0.6) is 5.75 Å². The minimum absolute atomic E-state index is 0.0564. The first-order chi connectivity index (χ1) is 12.8. The van der Waals surface area contributed by atoms with Crippen molar-refractivity contribution in [3.05, 3.63) is 28.8 Å². The second-order valence-electron chi connectivity index (χ2n) is 9.31.